The van der Waals surface area contributed by atoms with E-state index in [0.717, 1.165) is 0 Å². The molecule has 0 spiro atoms. The van der Waals surface area contributed by atoms with Gasteiger partial charge in [-0.1, -0.05) is 0 Å². The van der Waals surface area contributed by atoms with Gasteiger partial charge in [-0.05, 0) is 27.7 Å². The van der Waals surface area contributed by atoms with E-state index in [9.17, 15) is 9.90 Å². The summed E-state index contributed by atoms with van der Waals surface area (Å²) in [5.41, 5.74) is 6.41. The molecule has 1 aliphatic carbocycles. The first-order chi connectivity index (χ1) is 12.0. The third kappa shape index (κ3) is 2.62. The number of ether oxygens (including phenoxy) is 6. The Morgan fingerprint density at radius 3 is 2.23 bits per heavy atom. The third-order valence-electron chi connectivity index (χ3n) is 5.12. The average molecular weight is 371 g/mol. The van der Waals surface area contributed by atoms with Crippen molar-refractivity contribution in [3.05, 3.63) is 11.3 Å². The fourth-order valence-electron chi connectivity index (χ4n) is 4.15. The fraction of sp³-hybridized carbons (Fsp3) is 0.824. The first kappa shape index (κ1) is 18.3. The lowest BCUT2D eigenvalue weighted by Crippen LogP contribution is -2.37. The van der Waals surface area contributed by atoms with Gasteiger partial charge in [-0.15, -0.1) is 0 Å². The standard InChI is InChI=1S/C17H25NO8/c1-16(2)23-11-8(19)6(9(20)12(11)24-16)7(18)10-13-14(15(21-5)22-10)26-17(3,4)25-13/h8,10-15,19H,18H2,1-5H3/b7-6-/t8-,10-,11+,12-,13-,14-,15-/m1/s1. The van der Waals surface area contributed by atoms with E-state index in [2.05, 4.69) is 0 Å². The zero-order chi connectivity index (χ0) is 19.0. The van der Waals surface area contributed by atoms with E-state index in [-0.39, 0.29) is 11.3 Å². The van der Waals surface area contributed by atoms with E-state index < -0.39 is 60.3 Å². The van der Waals surface area contributed by atoms with E-state index in [1.807, 2.05) is 0 Å². The van der Waals surface area contributed by atoms with E-state index in [4.69, 9.17) is 34.2 Å². The second-order valence-corrected chi connectivity index (χ2v) is 7.92. The molecule has 4 rings (SSSR count). The Bertz CT molecular complexity index is 659. The maximum Gasteiger partial charge on any atom is 0.195 e. The molecule has 0 bridgehead atoms. The zero-order valence-electron chi connectivity index (χ0n) is 15.4. The molecule has 0 amide bonds. The Morgan fingerprint density at radius 1 is 1.04 bits per heavy atom. The summed E-state index contributed by atoms with van der Waals surface area (Å²) in [4.78, 5) is 12.8. The quantitative estimate of drug-likeness (QED) is 0.622. The second-order valence-electron chi connectivity index (χ2n) is 7.92. The van der Waals surface area contributed by atoms with Crippen LogP contribution < -0.4 is 5.73 Å². The van der Waals surface area contributed by atoms with Gasteiger partial charge in [0.25, 0.3) is 0 Å². The number of hydrogen-bond donors (Lipinski definition) is 2. The number of nitrogens with two attached hydrogens (primary N) is 1. The van der Waals surface area contributed by atoms with Gasteiger partial charge in [-0.3, -0.25) is 4.79 Å². The van der Waals surface area contributed by atoms with Crippen molar-refractivity contribution in [3.8, 4) is 0 Å². The minimum Gasteiger partial charge on any atom is -0.399 e. The Kier molecular flexibility index (Phi) is 4.02. The van der Waals surface area contributed by atoms with Gasteiger partial charge < -0.3 is 39.3 Å². The van der Waals surface area contributed by atoms with Crippen LogP contribution in [0.15, 0.2) is 11.3 Å². The van der Waals surface area contributed by atoms with Crippen molar-refractivity contribution in [1.29, 1.82) is 0 Å². The molecular weight excluding hydrogens is 346 g/mol. The summed E-state index contributed by atoms with van der Waals surface area (Å²) in [5.74, 6) is -2.16. The maximum atomic E-state index is 12.8. The number of rotatable bonds is 2. The van der Waals surface area contributed by atoms with Crippen molar-refractivity contribution in [2.75, 3.05) is 7.11 Å². The maximum absolute atomic E-state index is 12.8. The summed E-state index contributed by atoms with van der Waals surface area (Å²) in [7, 11) is 1.49. The minimum absolute atomic E-state index is 0.0457. The second kappa shape index (κ2) is 5.71. The molecule has 7 atom stereocenters. The number of carbonyl (C=O) groups excluding carboxylic acids is 1. The summed E-state index contributed by atoms with van der Waals surface area (Å²) in [6.45, 7) is 6.94. The number of hydrogen-bond acceptors (Lipinski definition) is 9. The molecule has 3 N–H and O–H groups in total. The van der Waals surface area contributed by atoms with E-state index in [1.165, 1.54) is 7.11 Å². The molecule has 146 valence electrons. The molecule has 1 saturated carbocycles. The number of methoxy groups -OCH3 is 1. The monoisotopic (exact) mass is 371 g/mol. The van der Waals surface area contributed by atoms with Crippen molar-refractivity contribution in [3.63, 3.8) is 0 Å². The van der Waals surface area contributed by atoms with Gasteiger partial charge in [0.05, 0.1) is 11.3 Å². The molecule has 26 heavy (non-hydrogen) atoms. The SMILES string of the molecule is CO[C@@H]1O[C@H](/C(N)=C2/C(=O)[C@H]3OC(C)(C)O[C@H]3[C@@H]2O)[C@H]2OC(C)(C)O[C@@H]12. The topological polar surface area (TPSA) is 119 Å². The number of carbonyl (C=O) groups is 1. The molecule has 4 aliphatic rings. The molecule has 0 radical (unpaired) electrons. The van der Waals surface area contributed by atoms with Gasteiger partial charge in [0.2, 0.25) is 0 Å². The van der Waals surface area contributed by atoms with Crippen molar-refractivity contribution >= 4 is 5.78 Å². The van der Waals surface area contributed by atoms with E-state index in [1.54, 1.807) is 27.7 Å². The molecule has 3 aliphatic heterocycles. The highest BCUT2D eigenvalue weighted by Gasteiger charge is 2.60. The molecule has 0 aromatic heterocycles. The highest BCUT2D eigenvalue weighted by Crippen LogP contribution is 2.44. The Morgan fingerprint density at radius 2 is 1.62 bits per heavy atom. The summed E-state index contributed by atoms with van der Waals surface area (Å²) in [6.07, 6.45) is -5.40. The molecular formula is C17H25NO8. The van der Waals surface area contributed by atoms with Crippen LogP contribution in [0.5, 0.6) is 0 Å². The van der Waals surface area contributed by atoms with E-state index >= 15 is 0 Å². The predicted molar refractivity (Wildman–Crippen MR) is 85.5 cm³/mol. The van der Waals surface area contributed by atoms with Gasteiger partial charge in [0.1, 0.15) is 30.5 Å². The van der Waals surface area contributed by atoms with Crippen LogP contribution in [0.3, 0.4) is 0 Å². The predicted octanol–water partition coefficient (Wildman–Crippen LogP) is -0.446. The largest absolute Gasteiger partial charge is 0.399 e. The first-order valence-electron chi connectivity index (χ1n) is 8.66. The number of aliphatic hydroxyl groups is 1. The van der Waals surface area contributed by atoms with Crippen LogP contribution >= 0.6 is 0 Å². The highest BCUT2D eigenvalue weighted by atomic mass is 16.8. The lowest BCUT2D eigenvalue weighted by molar-refractivity contribution is -0.222. The van der Waals surface area contributed by atoms with Gasteiger partial charge in [-0.2, -0.15) is 0 Å². The van der Waals surface area contributed by atoms with Crippen LogP contribution in [0.4, 0.5) is 0 Å². The van der Waals surface area contributed by atoms with Crippen LogP contribution in [0.2, 0.25) is 0 Å². The molecule has 0 aromatic carbocycles. The van der Waals surface area contributed by atoms with Crippen LogP contribution in [0.1, 0.15) is 27.7 Å². The van der Waals surface area contributed by atoms with Crippen molar-refractivity contribution in [2.45, 2.75) is 82.2 Å². The minimum atomic E-state index is -1.20. The summed E-state index contributed by atoms with van der Waals surface area (Å²) < 4.78 is 34.1. The first-order valence-corrected chi connectivity index (χ1v) is 8.66. The van der Waals surface area contributed by atoms with E-state index in [0.29, 0.717) is 0 Å². The molecule has 3 saturated heterocycles. The van der Waals surface area contributed by atoms with Gasteiger partial charge in [-0.25, -0.2) is 0 Å². The number of aliphatic hydroxyl groups excluding tert-OH is 1. The number of ketones is 1. The molecule has 0 aromatic rings. The van der Waals surface area contributed by atoms with Gasteiger partial charge >= 0.3 is 0 Å². The Labute approximate surface area is 151 Å². The molecule has 4 fully saturated rings. The van der Waals surface area contributed by atoms with Crippen LogP contribution in [0, 0.1) is 0 Å². The summed E-state index contributed by atoms with van der Waals surface area (Å²) in [6, 6.07) is 0. The van der Waals surface area contributed by atoms with Crippen molar-refractivity contribution in [2.24, 2.45) is 5.73 Å². The fourth-order valence-corrected chi connectivity index (χ4v) is 4.15. The summed E-state index contributed by atoms with van der Waals surface area (Å²) in [5, 5.41) is 10.6. The average Bonchev–Trinajstić information content (AvgIpc) is 3.18. The number of Topliss-reactive ketones (excluding diaryl/α,β-unsaturated/α-hetero) is 1. The zero-order valence-corrected chi connectivity index (χ0v) is 15.4. The smallest absolute Gasteiger partial charge is 0.195 e. The lowest BCUT2D eigenvalue weighted by atomic mass is 10.0. The number of fused-ring (bicyclic) bond motifs is 2. The van der Waals surface area contributed by atoms with Crippen molar-refractivity contribution in [1.82, 2.24) is 0 Å². The third-order valence-corrected chi connectivity index (χ3v) is 5.12. The van der Waals surface area contributed by atoms with Gasteiger partial charge in [0, 0.05) is 7.11 Å². The Hall–Kier alpha value is -1.07. The molecule has 9 nitrogen and oxygen atoms in total. The lowest BCUT2D eigenvalue weighted by Gasteiger charge is -2.25. The highest BCUT2D eigenvalue weighted by molar-refractivity contribution is 6.04. The molecule has 9 heteroatoms. The summed E-state index contributed by atoms with van der Waals surface area (Å²) >= 11 is 0. The van der Waals surface area contributed by atoms with Gasteiger partial charge in [0.15, 0.2) is 29.8 Å². The van der Waals surface area contributed by atoms with Crippen LogP contribution in [-0.4, -0.2) is 72.5 Å². The molecule has 0 unspecified atom stereocenters. The van der Waals surface area contributed by atoms with Crippen molar-refractivity contribution < 1.29 is 38.3 Å². The van der Waals surface area contributed by atoms with Crippen LogP contribution in [0.25, 0.3) is 0 Å². The normalized spacial score (nSPS) is 47.9. The Balaban J connectivity index is 1.65. The van der Waals surface area contributed by atoms with Crippen LogP contribution in [-0.2, 0) is 33.2 Å². The molecule has 3 heterocycles.